The standard InChI is InChI=1S/C11H15N3O4/c1-12-5-6-13(2)10-7-8(14(17)18)3-4-9(10)11(15)16/h3-4,7,12H,5-6H2,1-2H3,(H,15,16). The summed E-state index contributed by atoms with van der Waals surface area (Å²) in [6.45, 7) is 1.20. The third-order valence-corrected chi connectivity index (χ3v) is 2.53. The lowest BCUT2D eigenvalue weighted by molar-refractivity contribution is -0.384. The number of carbonyl (C=O) groups is 1. The molecule has 0 bridgehead atoms. The van der Waals surface area contributed by atoms with Crippen molar-refractivity contribution in [1.29, 1.82) is 0 Å². The highest BCUT2D eigenvalue weighted by Gasteiger charge is 2.17. The summed E-state index contributed by atoms with van der Waals surface area (Å²) >= 11 is 0. The van der Waals surface area contributed by atoms with Gasteiger partial charge in [-0.2, -0.15) is 0 Å². The van der Waals surface area contributed by atoms with E-state index in [2.05, 4.69) is 5.32 Å². The molecule has 1 rings (SSSR count). The van der Waals surface area contributed by atoms with E-state index >= 15 is 0 Å². The first-order chi connectivity index (χ1) is 8.47. The van der Waals surface area contributed by atoms with E-state index in [1.54, 1.807) is 19.0 Å². The maximum atomic E-state index is 11.1. The van der Waals surface area contributed by atoms with Gasteiger partial charge in [-0.05, 0) is 13.1 Å². The minimum absolute atomic E-state index is 0.0548. The molecular weight excluding hydrogens is 238 g/mol. The summed E-state index contributed by atoms with van der Waals surface area (Å²) in [6.07, 6.45) is 0. The lowest BCUT2D eigenvalue weighted by atomic mass is 10.1. The molecule has 0 amide bonds. The van der Waals surface area contributed by atoms with Crippen LogP contribution in [-0.4, -0.2) is 43.2 Å². The number of likely N-dealkylation sites (N-methyl/N-ethyl adjacent to an activating group) is 2. The van der Waals surface area contributed by atoms with Gasteiger partial charge < -0.3 is 15.3 Å². The zero-order valence-corrected chi connectivity index (χ0v) is 10.2. The monoisotopic (exact) mass is 253 g/mol. The number of nitrogens with zero attached hydrogens (tertiary/aromatic N) is 2. The topological polar surface area (TPSA) is 95.7 Å². The van der Waals surface area contributed by atoms with E-state index < -0.39 is 10.9 Å². The summed E-state index contributed by atoms with van der Waals surface area (Å²) in [7, 11) is 3.47. The Morgan fingerprint density at radius 2 is 2.22 bits per heavy atom. The maximum Gasteiger partial charge on any atom is 0.337 e. The Morgan fingerprint density at radius 3 is 2.72 bits per heavy atom. The van der Waals surface area contributed by atoms with Crippen LogP contribution in [0.3, 0.4) is 0 Å². The van der Waals surface area contributed by atoms with Crippen LogP contribution in [0.15, 0.2) is 18.2 Å². The zero-order chi connectivity index (χ0) is 13.7. The van der Waals surface area contributed by atoms with Gasteiger partial charge in [0.1, 0.15) is 0 Å². The average Bonchev–Trinajstić information content (AvgIpc) is 2.34. The van der Waals surface area contributed by atoms with E-state index in [9.17, 15) is 14.9 Å². The number of anilines is 1. The van der Waals surface area contributed by atoms with Gasteiger partial charge in [0.15, 0.2) is 0 Å². The van der Waals surface area contributed by atoms with Gasteiger partial charge in [0.05, 0.1) is 16.2 Å². The first-order valence-corrected chi connectivity index (χ1v) is 5.35. The Kier molecular flexibility index (Phi) is 4.61. The van der Waals surface area contributed by atoms with E-state index in [-0.39, 0.29) is 11.3 Å². The normalized spacial score (nSPS) is 10.1. The van der Waals surface area contributed by atoms with Crippen molar-refractivity contribution in [1.82, 2.24) is 5.32 Å². The third kappa shape index (κ3) is 3.17. The van der Waals surface area contributed by atoms with Gasteiger partial charge >= 0.3 is 5.97 Å². The van der Waals surface area contributed by atoms with Crippen LogP contribution in [0.5, 0.6) is 0 Å². The molecule has 0 aliphatic carbocycles. The molecule has 0 aromatic heterocycles. The molecule has 0 spiro atoms. The van der Waals surface area contributed by atoms with Crippen LogP contribution in [0.1, 0.15) is 10.4 Å². The largest absolute Gasteiger partial charge is 0.478 e. The van der Waals surface area contributed by atoms with Crippen molar-refractivity contribution < 1.29 is 14.8 Å². The number of non-ortho nitro benzene ring substituents is 1. The number of hydrogen-bond acceptors (Lipinski definition) is 5. The SMILES string of the molecule is CNCCN(C)c1cc([N+](=O)[O-])ccc1C(=O)O. The van der Waals surface area contributed by atoms with Gasteiger partial charge in [0, 0.05) is 32.3 Å². The molecule has 0 saturated heterocycles. The Labute approximate surface area is 104 Å². The summed E-state index contributed by atoms with van der Waals surface area (Å²) in [5.41, 5.74) is 0.275. The van der Waals surface area contributed by atoms with E-state index in [0.717, 1.165) is 0 Å². The molecule has 0 atom stereocenters. The quantitative estimate of drug-likeness (QED) is 0.579. The van der Waals surface area contributed by atoms with Crippen molar-refractivity contribution >= 4 is 17.3 Å². The Hall–Kier alpha value is -2.15. The minimum atomic E-state index is -1.10. The number of nitrogens with one attached hydrogen (secondary N) is 1. The summed E-state index contributed by atoms with van der Waals surface area (Å²) in [4.78, 5) is 22.9. The summed E-state index contributed by atoms with van der Waals surface area (Å²) in [5, 5.41) is 22.7. The molecule has 1 aromatic rings. The highest BCUT2D eigenvalue weighted by atomic mass is 16.6. The van der Waals surface area contributed by atoms with Crippen molar-refractivity contribution in [2.24, 2.45) is 0 Å². The molecule has 2 N–H and O–H groups in total. The highest BCUT2D eigenvalue weighted by Crippen LogP contribution is 2.25. The van der Waals surface area contributed by atoms with Crippen LogP contribution in [0, 0.1) is 10.1 Å². The number of hydrogen-bond donors (Lipinski definition) is 2. The predicted octanol–water partition coefficient (Wildman–Crippen LogP) is 0.949. The number of carboxylic acid groups (broad SMARTS) is 1. The van der Waals surface area contributed by atoms with Gasteiger partial charge in [-0.3, -0.25) is 10.1 Å². The van der Waals surface area contributed by atoms with Gasteiger partial charge in [0.25, 0.3) is 5.69 Å². The smallest absolute Gasteiger partial charge is 0.337 e. The molecule has 0 heterocycles. The second-order valence-corrected chi connectivity index (χ2v) is 3.79. The second-order valence-electron chi connectivity index (χ2n) is 3.79. The maximum absolute atomic E-state index is 11.1. The van der Waals surface area contributed by atoms with E-state index in [1.807, 2.05) is 0 Å². The summed E-state index contributed by atoms with van der Waals surface area (Å²) in [5.74, 6) is -1.10. The molecule has 98 valence electrons. The lowest BCUT2D eigenvalue weighted by Crippen LogP contribution is -2.28. The van der Waals surface area contributed by atoms with Crippen LogP contribution in [0.4, 0.5) is 11.4 Å². The molecule has 1 aromatic carbocycles. The van der Waals surface area contributed by atoms with Gasteiger partial charge in [-0.25, -0.2) is 4.79 Å². The molecule has 0 aliphatic rings. The average molecular weight is 253 g/mol. The fraction of sp³-hybridized carbons (Fsp3) is 0.364. The third-order valence-electron chi connectivity index (χ3n) is 2.53. The summed E-state index contributed by atoms with van der Waals surface area (Å²) in [6, 6.07) is 3.73. The number of nitro groups is 1. The van der Waals surface area contributed by atoms with Crippen LogP contribution >= 0.6 is 0 Å². The van der Waals surface area contributed by atoms with Crippen molar-refractivity contribution in [3.63, 3.8) is 0 Å². The van der Waals surface area contributed by atoms with Crippen LogP contribution < -0.4 is 10.2 Å². The van der Waals surface area contributed by atoms with Gasteiger partial charge in [-0.15, -0.1) is 0 Å². The van der Waals surface area contributed by atoms with Crippen molar-refractivity contribution in [2.75, 3.05) is 32.1 Å². The van der Waals surface area contributed by atoms with E-state index in [0.29, 0.717) is 18.8 Å². The van der Waals surface area contributed by atoms with Gasteiger partial charge in [-0.1, -0.05) is 0 Å². The fourth-order valence-corrected chi connectivity index (χ4v) is 1.53. The van der Waals surface area contributed by atoms with Gasteiger partial charge in [0.2, 0.25) is 0 Å². The molecule has 7 heteroatoms. The molecule has 18 heavy (non-hydrogen) atoms. The number of rotatable bonds is 6. The number of aromatic carboxylic acids is 1. The van der Waals surface area contributed by atoms with Crippen LogP contribution in [0.25, 0.3) is 0 Å². The number of nitro benzene ring substituents is 1. The Bertz CT molecular complexity index is 462. The molecular formula is C11H15N3O4. The Balaban J connectivity index is 3.14. The summed E-state index contributed by atoms with van der Waals surface area (Å²) < 4.78 is 0. The number of benzene rings is 1. The lowest BCUT2D eigenvalue weighted by Gasteiger charge is -2.20. The van der Waals surface area contributed by atoms with Crippen molar-refractivity contribution in [3.8, 4) is 0 Å². The van der Waals surface area contributed by atoms with Crippen molar-refractivity contribution in [3.05, 3.63) is 33.9 Å². The first kappa shape index (κ1) is 13.9. The molecule has 7 nitrogen and oxygen atoms in total. The predicted molar refractivity (Wildman–Crippen MR) is 67.3 cm³/mol. The van der Waals surface area contributed by atoms with Crippen LogP contribution in [-0.2, 0) is 0 Å². The molecule has 0 unspecified atom stereocenters. The van der Waals surface area contributed by atoms with E-state index in [1.165, 1.54) is 18.2 Å². The second kappa shape index (κ2) is 5.97. The molecule has 0 aliphatic heterocycles. The highest BCUT2D eigenvalue weighted by molar-refractivity contribution is 5.95. The minimum Gasteiger partial charge on any atom is -0.478 e. The van der Waals surface area contributed by atoms with Crippen LogP contribution in [0.2, 0.25) is 0 Å². The zero-order valence-electron chi connectivity index (χ0n) is 10.2. The van der Waals surface area contributed by atoms with E-state index in [4.69, 9.17) is 5.11 Å². The number of carboxylic acids is 1. The first-order valence-electron chi connectivity index (χ1n) is 5.35. The molecule has 0 saturated carbocycles. The van der Waals surface area contributed by atoms with Crippen molar-refractivity contribution in [2.45, 2.75) is 0 Å². The molecule has 0 radical (unpaired) electrons. The molecule has 0 fully saturated rings. The fourth-order valence-electron chi connectivity index (χ4n) is 1.53. The Morgan fingerprint density at radius 1 is 1.56 bits per heavy atom.